The largest absolute Gasteiger partial charge is 0.466 e. The molecule has 2 aromatic heterocycles. The molecule has 9 nitrogen and oxygen atoms in total. The summed E-state index contributed by atoms with van der Waals surface area (Å²) in [4.78, 5) is 3.79. The van der Waals surface area contributed by atoms with Crippen molar-refractivity contribution in [2.24, 2.45) is 0 Å². The van der Waals surface area contributed by atoms with Crippen molar-refractivity contribution in [1.82, 2.24) is 25.4 Å². The Bertz CT molecular complexity index is 615. The van der Waals surface area contributed by atoms with Crippen LogP contribution in [0.3, 0.4) is 0 Å². The van der Waals surface area contributed by atoms with E-state index in [4.69, 9.17) is 4.74 Å². The van der Waals surface area contributed by atoms with Crippen LogP contribution in [0, 0.1) is 6.92 Å². The Morgan fingerprint density at radius 2 is 2.18 bits per heavy atom. The SMILES string of the molecule is COc1n[nH]c(NS(=O)(=O)c2cn[nH]c2C)n1. The van der Waals surface area contributed by atoms with Crippen molar-refractivity contribution < 1.29 is 13.2 Å². The zero-order valence-corrected chi connectivity index (χ0v) is 9.87. The summed E-state index contributed by atoms with van der Waals surface area (Å²) in [6, 6.07) is 0.0478. The number of nitrogens with zero attached hydrogens (tertiary/aromatic N) is 3. The van der Waals surface area contributed by atoms with E-state index < -0.39 is 10.0 Å². The predicted molar refractivity (Wildman–Crippen MR) is 57.1 cm³/mol. The van der Waals surface area contributed by atoms with E-state index in [1.807, 2.05) is 0 Å². The number of hydrogen-bond donors (Lipinski definition) is 3. The third kappa shape index (κ3) is 2.20. The van der Waals surface area contributed by atoms with Gasteiger partial charge in [0.15, 0.2) is 0 Å². The minimum Gasteiger partial charge on any atom is -0.466 e. The van der Waals surface area contributed by atoms with Crippen molar-refractivity contribution in [1.29, 1.82) is 0 Å². The zero-order chi connectivity index (χ0) is 12.5. The minimum atomic E-state index is -3.73. The van der Waals surface area contributed by atoms with E-state index in [-0.39, 0.29) is 16.9 Å². The average Bonchev–Trinajstić information content (AvgIpc) is 2.86. The third-order valence-electron chi connectivity index (χ3n) is 1.95. The van der Waals surface area contributed by atoms with Crippen LogP contribution in [-0.4, -0.2) is 40.9 Å². The van der Waals surface area contributed by atoms with Gasteiger partial charge in [0, 0.05) is 0 Å². The number of H-pyrrole nitrogens is 2. The molecule has 0 aliphatic carbocycles. The lowest BCUT2D eigenvalue weighted by molar-refractivity contribution is 0.382. The van der Waals surface area contributed by atoms with Crippen LogP contribution in [0.2, 0.25) is 0 Å². The highest BCUT2D eigenvalue weighted by molar-refractivity contribution is 7.92. The van der Waals surface area contributed by atoms with Crippen LogP contribution in [0.15, 0.2) is 11.1 Å². The fourth-order valence-corrected chi connectivity index (χ4v) is 2.27. The highest BCUT2D eigenvalue weighted by Crippen LogP contribution is 2.15. The Morgan fingerprint density at radius 3 is 2.71 bits per heavy atom. The second-order valence-electron chi connectivity index (χ2n) is 3.14. The molecule has 0 bridgehead atoms. The van der Waals surface area contributed by atoms with Crippen LogP contribution in [0.25, 0.3) is 0 Å². The number of rotatable bonds is 4. The van der Waals surface area contributed by atoms with Gasteiger partial charge in [-0.05, 0) is 6.92 Å². The second-order valence-corrected chi connectivity index (χ2v) is 4.79. The van der Waals surface area contributed by atoms with E-state index in [1.165, 1.54) is 13.3 Å². The lowest BCUT2D eigenvalue weighted by atomic mass is 10.5. The molecule has 92 valence electrons. The summed E-state index contributed by atoms with van der Waals surface area (Å²) in [5.41, 5.74) is 0.434. The number of aromatic nitrogens is 5. The number of aryl methyl sites for hydroxylation is 1. The average molecular weight is 258 g/mol. The maximum Gasteiger partial charge on any atom is 0.336 e. The Kier molecular flexibility index (Phi) is 2.71. The predicted octanol–water partition coefficient (Wildman–Crippen LogP) is -0.354. The van der Waals surface area contributed by atoms with Gasteiger partial charge >= 0.3 is 6.01 Å². The molecule has 0 unspecified atom stereocenters. The fourth-order valence-electron chi connectivity index (χ4n) is 1.18. The summed E-state index contributed by atoms with van der Waals surface area (Å²) in [5.74, 6) is -0.0255. The van der Waals surface area contributed by atoms with Crippen LogP contribution in [-0.2, 0) is 10.0 Å². The maximum atomic E-state index is 11.9. The summed E-state index contributed by atoms with van der Waals surface area (Å²) < 4.78 is 30.7. The van der Waals surface area contributed by atoms with Gasteiger partial charge in [-0.1, -0.05) is 0 Å². The maximum absolute atomic E-state index is 11.9. The first-order valence-electron chi connectivity index (χ1n) is 4.52. The smallest absolute Gasteiger partial charge is 0.336 e. The van der Waals surface area contributed by atoms with Crippen molar-refractivity contribution >= 4 is 16.0 Å². The number of nitrogens with one attached hydrogen (secondary N) is 3. The molecule has 0 aliphatic rings. The molecular weight excluding hydrogens is 248 g/mol. The summed E-state index contributed by atoms with van der Waals surface area (Å²) in [6.07, 6.45) is 1.21. The minimum absolute atomic E-state index is 0.0255. The van der Waals surface area contributed by atoms with E-state index in [1.54, 1.807) is 6.92 Å². The van der Waals surface area contributed by atoms with E-state index >= 15 is 0 Å². The number of hydrogen-bond acceptors (Lipinski definition) is 6. The lowest BCUT2D eigenvalue weighted by Gasteiger charge is -2.02. The van der Waals surface area contributed by atoms with Gasteiger partial charge in [-0.15, -0.1) is 5.10 Å². The fraction of sp³-hybridized carbons (Fsp3) is 0.286. The summed E-state index contributed by atoms with van der Waals surface area (Å²) in [6.45, 7) is 1.60. The highest BCUT2D eigenvalue weighted by Gasteiger charge is 2.20. The van der Waals surface area contributed by atoms with Gasteiger partial charge in [0.05, 0.1) is 19.0 Å². The van der Waals surface area contributed by atoms with Crippen molar-refractivity contribution in [3.05, 3.63) is 11.9 Å². The molecule has 0 saturated heterocycles. The van der Waals surface area contributed by atoms with E-state index in [0.29, 0.717) is 5.69 Å². The molecule has 0 amide bonds. The first-order valence-corrected chi connectivity index (χ1v) is 6.00. The number of sulfonamides is 1. The molecular formula is C7H10N6O3S. The molecule has 0 saturated carbocycles. The van der Waals surface area contributed by atoms with Gasteiger partial charge in [0.1, 0.15) is 4.90 Å². The lowest BCUT2D eigenvalue weighted by Crippen LogP contribution is -2.14. The van der Waals surface area contributed by atoms with Crippen molar-refractivity contribution in [3.8, 4) is 6.01 Å². The highest BCUT2D eigenvalue weighted by atomic mass is 32.2. The molecule has 17 heavy (non-hydrogen) atoms. The van der Waals surface area contributed by atoms with Gasteiger partial charge in [-0.3, -0.25) is 5.10 Å². The molecule has 0 spiro atoms. The standard InChI is InChI=1S/C7H10N6O3S/c1-4-5(3-8-10-4)17(14,15)13-6-9-7(16-2)12-11-6/h3H,1-2H3,(H,8,10)(H2,9,11,12,13). The summed E-state index contributed by atoms with van der Waals surface area (Å²) in [5, 5.41) is 12.2. The number of methoxy groups -OCH3 is 1. The van der Waals surface area contributed by atoms with Crippen LogP contribution in [0.4, 0.5) is 5.95 Å². The molecule has 2 rings (SSSR count). The number of anilines is 1. The number of ether oxygens (including phenoxy) is 1. The molecule has 0 radical (unpaired) electrons. The quantitative estimate of drug-likeness (QED) is 0.688. The Morgan fingerprint density at radius 1 is 1.41 bits per heavy atom. The molecule has 0 atom stereocenters. The number of aromatic amines is 2. The first kappa shape index (κ1) is 11.4. The molecule has 10 heteroatoms. The topological polar surface area (TPSA) is 126 Å². The Balaban J connectivity index is 2.26. The zero-order valence-electron chi connectivity index (χ0n) is 9.05. The molecule has 0 aromatic carbocycles. The van der Waals surface area contributed by atoms with Gasteiger partial charge in [0.2, 0.25) is 5.95 Å². The van der Waals surface area contributed by atoms with Crippen LogP contribution < -0.4 is 9.46 Å². The molecule has 0 aliphatic heterocycles. The van der Waals surface area contributed by atoms with Gasteiger partial charge in [-0.25, -0.2) is 18.2 Å². The Hall–Kier alpha value is -2.10. The summed E-state index contributed by atoms with van der Waals surface area (Å²) >= 11 is 0. The normalized spacial score (nSPS) is 11.4. The van der Waals surface area contributed by atoms with Crippen LogP contribution in [0.5, 0.6) is 6.01 Å². The van der Waals surface area contributed by atoms with Gasteiger partial charge in [-0.2, -0.15) is 10.1 Å². The van der Waals surface area contributed by atoms with Crippen molar-refractivity contribution in [2.45, 2.75) is 11.8 Å². The van der Waals surface area contributed by atoms with Crippen molar-refractivity contribution in [2.75, 3.05) is 11.8 Å². The second kappa shape index (κ2) is 4.05. The van der Waals surface area contributed by atoms with Gasteiger partial charge in [0.25, 0.3) is 10.0 Å². The third-order valence-corrected chi connectivity index (χ3v) is 3.40. The first-order chi connectivity index (χ1) is 8.03. The monoisotopic (exact) mass is 258 g/mol. The van der Waals surface area contributed by atoms with Gasteiger partial charge < -0.3 is 4.74 Å². The van der Waals surface area contributed by atoms with Crippen LogP contribution >= 0.6 is 0 Å². The molecule has 0 fully saturated rings. The Labute approximate surface area is 96.7 Å². The molecule has 2 aromatic rings. The van der Waals surface area contributed by atoms with E-state index in [0.717, 1.165) is 0 Å². The van der Waals surface area contributed by atoms with E-state index in [9.17, 15) is 8.42 Å². The summed E-state index contributed by atoms with van der Waals surface area (Å²) in [7, 11) is -2.35. The molecule has 3 N–H and O–H groups in total. The molecule has 2 heterocycles. The van der Waals surface area contributed by atoms with Crippen LogP contribution in [0.1, 0.15) is 5.69 Å². The van der Waals surface area contributed by atoms with E-state index in [2.05, 4.69) is 30.1 Å². The van der Waals surface area contributed by atoms with Crippen molar-refractivity contribution in [3.63, 3.8) is 0 Å².